The van der Waals surface area contributed by atoms with E-state index in [0.29, 0.717) is 5.02 Å². The van der Waals surface area contributed by atoms with Gasteiger partial charge in [0.05, 0.1) is 6.04 Å². The van der Waals surface area contributed by atoms with Gasteiger partial charge in [-0.1, -0.05) is 17.7 Å². The summed E-state index contributed by atoms with van der Waals surface area (Å²) in [6.45, 7) is 2.00. The molecule has 2 atom stereocenters. The Morgan fingerprint density at radius 2 is 2.26 bits per heavy atom. The molecule has 0 spiro atoms. The zero-order valence-corrected chi connectivity index (χ0v) is 12.2. The van der Waals surface area contributed by atoms with Crippen LogP contribution >= 0.6 is 22.9 Å². The van der Waals surface area contributed by atoms with Gasteiger partial charge in [0.15, 0.2) is 0 Å². The second kappa shape index (κ2) is 6.91. The van der Waals surface area contributed by atoms with Crippen LogP contribution in [0.4, 0.5) is 0 Å². The van der Waals surface area contributed by atoms with Gasteiger partial charge in [-0.15, -0.1) is 0 Å². The first-order valence-corrected chi connectivity index (χ1v) is 7.40. The third kappa shape index (κ3) is 4.21. The van der Waals surface area contributed by atoms with Gasteiger partial charge in [0.2, 0.25) is 0 Å². The van der Waals surface area contributed by atoms with E-state index >= 15 is 0 Å². The van der Waals surface area contributed by atoms with Crippen molar-refractivity contribution >= 4 is 22.9 Å². The highest BCUT2D eigenvalue weighted by molar-refractivity contribution is 7.07. The molecule has 3 N–H and O–H groups in total. The van der Waals surface area contributed by atoms with Crippen molar-refractivity contribution in [2.24, 2.45) is 5.84 Å². The highest BCUT2D eigenvalue weighted by atomic mass is 35.5. The molecule has 0 fully saturated rings. The lowest BCUT2D eigenvalue weighted by Gasteiger charge is -2.24. The molecule has 0 saturated carbocycles. The van der Waals surface area contributed by atoms with Crippen LogP contribution in [0, 0.1) is 0 Å². The summed E-state index contributed by atoms with van der Waals surface area (Å²) >= 11 is 7.62. The second-order valence-electron chi connectivity index (χ2n) is 4.39. The molecule has 1 heterocycles. The van der Waals surface area contributed by atoms with Crippen molar-refractivity contribution in [3.8, 4) is 5.75 Å². The van der Waals surface area contributed by atoms with Crippen LogP contribution in [0.1, 0.15) is 12.5 Å². The molecule has 0 aliphatic carbocycles. The van der Waals surface area contributed by atoms with Gasteiger partial charge in [-0.2, -0.15) is 11.3 Å². The van der Waals surface area contributed by atoms with E-state index in [1.807, 2.05) is 25.1 Å². The number of rotatable bonds is 6. The molecule has 2 unspecified atom stereocenters. The highest BCUT2D eigenvalue weighted by Crippen LogP contribution is 2.20. The van der Waals surface area contributed by atoms with Gasteiger partial charge < -0.3 is 4.74 Å². The van der Waals surface area contributed by atoms with Crippen LogP contribution in [0.5, 0.6) is 5.75 Å². The third-order valence-corrected chi connectivity index (χ3v) is 3.90. The number of nitrogens with two attached hydrogens (primary N) is 1. The third-order valence-electron chi connectivity index (χ3n) is 2.93. The maximum atomic E-state index is 5.94. The van der Waals surface area contributed by atoms with Gasteiger partial charge in [-0.05, 0) is 53.9 Å². The van der Waals surface area contributed by atoms with Crippen molar-refractivity contribution in [2.75, 3.05) is 0 Å². The highest BCUT2D eigenvalue weighted by Gasteiger charge is 2.18. The lowest BCUT2D eigenvalue weighted by atomic mass is 10.1. The molecular weight excluding hydrogens is 280 g/mol. The van der Waals surface area contributed by atoms with Gasteiger partial charge in [0.1, 0.15) is 11.9 Å². The number of halogens is 1. The lowest BCUT2D eigenvalue weighted by molar-refractivity contribution is 0.170. The molecule has 0 aliphatic heterocycles. The lowest BCUT2D eigenvalue weighted by Crippen LogP contribution is -2.46. The number of thiophene rings is 1. The van der Waals surface area contributed by atoms with Crippen LogP contribution in [-0.2, 0) is 6.42 Å². The van der Waals surface area contributed by atoms with E-state index in [1.54, 1.807) is 17.4 Å². The topological polar surface area (TPSA) is 47.3 Å². The Morgan fingerprint density at radius 3 is 2.89 bits per heavy atom. The van der Waals surface area contributed by atoms with Gasteiger partial charge in [0.25, 0.3) is 0 Å². The van der Waals surface area contributed by atoms with E-state index in [1.165, 1.54) is 5.56 Å². The normalized spacial score (nSPS) is 14.1. The number of nitrogens with one attached hydrogen (secondary N) is 1. The van der Waals surface area contributed by atoms with Crippen molar-refractivity contribution in [2.45, 2.75) is 25.5 Å². The van der Waals surface area contributed by atoms with E-state index in [9.17, 15) is 0 Å². The molecule has 0 amide bonds. The second-order valence-corrected chi connectivity index (χ2v) is 5.61. The zero-order valence-electron chi connectivity index (χ0n) is 10.7. The molecule has 2 aromatic rings. The molecule has 3 nitrogen and oxygen atoms in total. The molecular formula is C14H17ClN2OS. The van der Waals surface area contributed by atoms with Gasteiger partial charge in [-0.25, -0.2) is 0 Å². The minimum absolute atomic E-state index is 0.0496. The zero-order chi connectivity index (χ0) is 13.7. The Balaban J connectivity index is 1.98. The number of hydrazine groups is 1. The number of benzene rings is 1. The minimum Gasteiger partial charge on any atom is -0.489 e. The van der Waals surface area contributed by atoms with Gasteiger partial charge in [0, 0.05) is 5.02 Å². The van der Waals surface area contributed by atoms with E-state index in [4.69, 9.17) is 22.2 Å². The van der Waals surface area contributed by atoms with Crippen molar-refractivity contribution in [1.29, 1.82) is 0 Å². The van der Waals surface area contributed by atoms with E-state index in [2.05, 4.69) is 22.3 Å². The average Bonchev–Trinajstić information content (AvgIpc) is 2.88. The van der Waals surface area contributed by atoms with Crippen LogP contribution < -0.4 is 16.0 Å². The standard InChI is InChI=1S/C14H17ClN2OS/c1-10(18-13-4-2-3-12(15)8-13)14(17-16)7-11-5-6-19-9-11/h2-6,8-10,14,17H,7,16H2,1H3. The molecule has 0 saturated heterocycles. The smallest absolute Gasteiger partial charge is 0.121 e. The Morgan fingerprint density at radius 1 is 1.42 bits per heavy atom. The summed E-state index contributed by atoms with van der Waals surface area (Å²) < 4.78 is 5.87. The Kier molecular flexibility index (Phi) is 5.22. The summed E-state index contributed by atoms with van der Waals surface area (Å²) in [6.07, 6.45) is 0.783. The molecule has 1 aromatic carbocycles. The van der Waals surface area contributed by atoms with Crippen LogP contribution in [0.2, 0.25) is 5.02 Å². The molecule has 5 heteroatoms. The summed E-state index contributed by atoms with van der Waals surface area (Å²) in [6, 6.07) is 9.53. The monoisotopic (exact) mass is 296 g/mol. The molecule has 0 bridgehead atoms. The fourth-order valence-electron chi connectivity index (χ4n) is 1.86. The Hall–Kier alpha value is -1.07. The van der Waals surface area contributed by atoms with Crippen LogP contribution in [0.25, 0.3) is 0 Å². The van der Waals surface area contributed by atoms with Gasteiger partial charge >= 0.3 is 0 Å². The summed E-state index contributed by atoms with van der Waals surface area (Å²) in [7, 11) is 0. The Labute approximate surface area is 122 Å². The average molecular weight is 297 g/mol. The first-order chi connectivity index (χ1) is 9.19. The van der Waals surface area contributed by atoms with Crippen molar-refractivity contribution < 1.29 is 4.74 Å². The summed E-state index contributed by atoms with van der Waals surface area (Å²) in [5.74, 6) is 6.38. The summed E-state index contributed by atoms with van der Waals surface area (Å²) in [5, 5.41) is 4.85. The SMILES string of the molecule is CC(Oc1cccc(Cl)c1)C(Cc1ccsc1)NN. The minimum atomic E-state index is -0.0524. The predicted octanol–water partition coefficient (Wildman–Crippen LogP) is 3.24. The summed E-state index contributed by atoms with van der Waals surface area (Å²) in [5.41, 5.74) is 4.08. The first-order valence-electron chi connectivity index (χ1n) is 6.08. The van der Waals surface area contributed by atoms with E-state index in [0.717, 1.165) is 12.2 Å². The van der Waals surface area contributed by atoms with Crippen LogP contribution in [0.15, 0.2) is 41.1 Å². The maximum Gasteiger partial charge on any atom is 0.121 e. The quantitative estimate of drug-likeness (QED) is 0.635. The van der Waals surface area contributed by atoms with Gasteiger partial charge in [-0.3, -0.25) is 11.3 Å². The fraction of sp³-hybridized carbons (Fsp3) is 0.286. The molecule has 0 aliphatic rings. The van der Waals surface area contributed by atoms with Crippen molar-refractivity contribution in [3.05, 3.63) is 51.7 Å². The molecule has 1 aromatic heterocycles. The molecule has 19 heavy (non-hydrogen) atoms. The Bertz CT molecular complexity index is 504. The maximum absolute atomic E-state index is 5.94. The largest absolute Gasteiger partial charge is 0.489 e. The van der Waals surface area contributed by atoms with E-state index in [-0.39, 0.29) is 12.1 Å². The van der Waals surface area contributed by atoms with Crippen LogP contribution in [0.3, 0.4) is 0 Å². The van der Waals surface area contributed by atoms with Crippen molar-refractivity contribution in [1.82, 2.24) is 5.43 Å². The molecule has 102 valence electrons. The molecule has 2 rings (SSSR count). The summed E-state index contributed by atoms with van der Waals surface area (Å²) in [4.78, 5) is 0. The van der Waals surface area contributed by atoms with Crippen molar-refractivity contribution in [3.63, 3.8) is 0 Å². The van der Waals surface area contributed by atoms with Crippen LogP contribution in [-0.4, -0.2) is 12.1 Å². The predicted molar refractivity (Wildman–Crippen MR) is 80.7 cm³/mol. The number of hydrogen-bond acceptors (Lipinski definition) is 4. The molecule has 0 radical (unpaired) electrons. The first kappa shape index (κ1) is 14.3. The number of ether oxygens (including phenoxy) is 1. The fourth-order valence-corrected chi connectivity index (χ4v) is 2.72. The number of hydrogen-bond donors (Lipinski definition) is 2. The van der Waals surface area contributed by atoms with E-state index < -0.39 is 0 Å².